The van der Waals surface area contributed by atoms with Gasteiger partial charge >= 0.3 is 5.97 Å². The summed E-state index contributed by atoms with van der Waals surface area (Å²) in [5.74, 6) is 0.714. The van der Waals surface area contributed by atoms with Gasteiger partial charge in [0.2, 0.25) is 0 Å². The highest BCUT2D eigenvalue weighted by Crippen LogP contribution is 2.47. The van der Waals surface area contributed by atoms with Crippen molar-refractivity contribution in [3.8, 4) is 11.1 Å². The normalized spacial score (nSPS) is 20.6. The van der Waals surface area contributed by atoms with E-state index in [0.29, 0.717) is 40.8 Å². The van der Waals surface area contributed by atoms with Gasteiger partial charge in [0.25, 0.3) is 0 Å². The third kappa shape index (κ3) is 4.44. The molecule has 0 aromatic heterocycles. The summed E-state index contributed by atoms with van der Waals surface area (Å²) in [6.45, 7) is 2.33. The van der Waals surface area contributed by atoms with Crippen LogP contribution in [0.15, 0.2) is 84.0 Å². The maximum absolute atomic E-state index is 13.4. The predicted molar refractivity (Wildman–Crippen MR) is 178 cm³/mol. The molecule has 1 saturated carbocycles. The number of hydrogen-bond acceptors (Lipinski definition) is 5. The standard InChI is InChI=1S/C38H36ClN3O2/c1-22-18-26(20-34(39)35(22)40)42-37(23-8-2-3-9-23)32-17-14-24-19-25(15-16-27(24)36(32)41-42)38(43)44-21-33-30-12-6-4-10-28(30)29-11-5-7-13-31(29)33/h4-7,10-13,15-16,18-20,23,32-33,37H,2-3,8-9,14,17,21,40H2,1H3. The van der Waals surface area contributed by atoms with E-state index < -0.39 is 0 Å². The van der Waals surface area contributed by atoms with Crippen LogP contribution in [0.25, 0.3) is 11.1 Å². The number of carbonyl (C=O) groups is 1. The summed E-state index contributed by atoms with van der Waals surface area (Å²) in [4.78, 5) is 13.4. The van der Waals surface area contributed by atoms with Crippen molar-refractivity contribution in [2.24, 2.45) is 16.9 Å². The van der Waals surface area contributed by atoms with Crippen LogP contribution in [0.5, 0.6) is 0 Å². The van der Waals surface area contributed by atoms with Crippen molar-refractivity contribution in [2.45, 2.75) is 57.4 Å². The molecule has 5 nitrogen and oxygen atoms in total. The first kappa shape index (κ1) is 27.5. The number of halogens is 1. The number of hydrogen-bond donors (Lipinski definition) is 1. The number of nitrogen functional groups attached to an aromatic ring is 1. The van der Waals surface area contributed by atoms with Crippen molar-refractivity contribution in [3.63, 3.8) is 0 Å². The maximum Gasteiger partial charge on any atom is 0.338 e. The van der Waals surface area contributed by atoms with E-state index in [1.165, 1.54) is 53.5 Å². The number of nitrogens with two attached hydrogens (primary N) is 1. The van der Waals surface area contributed by atoms with E-state index in [4.69, 9.17) is 27.2 Å². The Kier molecular flexibility index (Phi) is 6.75. The van der Waals surface area contributed by atoms with Crippen LogP contribution in [-0.2, 0) is 11.2 Å². The van der Waals surface area contributed by atoms with Crippen LogP contribution in [0.4, 0.5) is 11.4 Å². The number of aryl methyl sites for hydroxylation is 2. The Bertz CT molecular complexity index is 1760. The van der Waals surface area contributed by atoms with E-state index in [1.54, 1.807) is 0 Å². The molecule has 0 bridgehead atoms. The maximum atomic E-state index is 13.4. The fraction of sp³-hybridized carbons (Fsp3) is 0.316. The van der Waals surface area contributed by atoms with Crippen LogP contribution in [0, 0.1) is 18.8 Å². The Morgan fingerprint density at radius 1 is 0.932 bits per heavy atom. The smallest absolute Gasteiger partial charge is 0.338 e. The van der Waals surface area contributed by atoms with Crippen LogP contribution in [0.3, 0.4) is 0 Å². The Morgan fingerprint density at radius 2 is 1.64 bits per heavy atom. The molecule has 2 atom stereocenters. The zero-order chi connectivity index (χ0) is 29.9. The lowest BCUT2D eigenvalue weighted by Crippen LogP contribution is -2.40. The van der Waals surface area contributed by atoms with Gasteiger partial charge in [0.15, 0.2) is 0 Å². The number of carbonyl (C=O) groups excluding carboxylic acids is 1. The molecule has 1 aliphatic heterocycles. The number of anilines is 2. The van der Waals surface area contributed by atoms with Crippen molar-refractivity contribution < 1.29 is 9.53 Å². The summed E-state index contributed by atoms with van der Waals surface area (Å²) in [6.07, 6.45) is 6.95. The van der Waals surface area contributed by atoms with E-state index in [-0.39, 0.29) is 11.9 Å². The largest absolute Gasteiger partial charge is 0.461 e. The summed E-state index contributed by atoms with van der Waals surface area (Å²) in [7, 11) is 0. The van der Waals surface area contributed by atoms with Crippen LogP contribution >= 0.6 is 11.6 Å². The van der Waals surface area contributed by atoms with Gasteiger partial charge in [-0.3, -0.25) is 5.01 Å². The molecule has 6 heteroatoms. The molecule has 44 heavy (non-hydrogen) atoms. The Hall–Kier alpha value is -4.09. The average Bonchev–Trinajstić information content (AvgIpc) is 3.78. The molecule has 2 unspecified atom stereocenters. The molecular weight excluding hydrogens is 566 g/mol. The number of nitrogens with zero attached hydrogens (tertiary/aromatic N) is 2. The number of esters is 1. The third-order valence-electron chi connectivity index (χ3n) is 10.4. The summed E-state index contributed by atoms with van der Waals surface area (Å²) >= 11 is 6.56. The van der Waals surface area contributed by atoms with Crippen LogP contribution in [0.1, 0.15) is 76.2 Å². The monoisotopic (exact) mass is 601 g/mol. The SMILES string of the molecule is Cc1cc(N2N=C3c4ccc(C(=O)OCC5c6ccccc6-c6ccccc65)cc4CCC3C2C2CCCC2)cc(Cl)c1N. The summed E-state index contributed by atoms with van der Waals surface area (Å²) in [5, 5.41) is 8.12. The second-order valence-electron chi connectivity index (χ2n) is 12.9. The molecule has 3 aliphatic carbocycles. The Labute approximate surface area is 263 Å². The molecule has 1 heterocycles. The van der Waals surface area contributed by atoms with Gasteiger partial charge in [-0.25, -0.2) is 4.79 Å². The molecule has 0 radical (unpaired) electrons. The minimum atomic E-state index is -0.275. The molecule has 4 aliphatic rings. The molecule has 8 rings (SSSR count). The molecule has 222 valence electrons. The number of hydrazone groups is 1. The topological polar surface area (TPSA) is 67.9 Å². The number of benzene rings is 4. The lowest BCUT2D eigenvalue weighted by Gasteiger charge is -2.34. The van der Waals surface area contributed by atoms with E-state index in [0.717, 1.165) is 35.4 Å². The average molecular weight is 602 g/mol. The zero-order valence-electron chi connectivity index (χ0n) is 24.9. The highest BCUT2D eigenvalue weighted by atomic mass is 35.5. The second-order valence-corrected chi connectivity index (χ2v) is 13.3. The molecular formula is C38H36ClN3O2. The summed E-state index contributed by atoms with van der Waals surface area (Å²) in [5.41, 5.74) is 17.8. The second kappa shape index (κ2) is 10.8. The predicted octanol–water partition coefficient (Wildman–Crippen LogP) is 8.55. The van der Waals surface area contributed by atoms with Gasteiger partial charge in [-0.05, 0) is 96.2 Å². The molecule has 2 N–H and O–H groups in total. The van der Waals surface area contributed by atoms with E-state index in [2.05, 4.69) is 65.7 Å². The molecule has 4 aromatic carbocycles. The first-order valence-electron chi connectivity index (χ1n) is 15.9. The van der Waals surface area contributed by atoms with Crippen molar-refractivity contribution in [1.29, 1.82) is 0 Å². The van der Waals surface area contributed by atoms with Crippen LogP contribution in [-0.4, -0.2) is 24.3 Å². The van der Waals surface area contributed by atoms with Crippen molar-refractivity contribution >= 4 is 34.7 Å². The minimum absolute atomic E-state index is 0.0431. The quantitative estimate of drug-likeness (QED) is 0.184. The summed E-state index contributed by atoms with van der Waals surface area (Å²) < 4.78 is 5.99. The van der Waals surface area contributed by atoms with Gasteiger partial charge in [0.05, 0.1) is 33.7 Å². The number of fused-ring (bicyclic) bond motifs is 6. The number of ether oxygens (including phenoxy) is 1. The lowest BCUT2D eigenvalue weighted by molar-refractivity contribution is 0.0493. The molecule has 1 fully saturated rings. The fourth-order valence-electron chi connectivity index (χ4n) is 8.25. The van der Waals surface area contributed by atoms with Gasteiger partial charge in [-0.15, -0.1) is 0 Å². The highest BCUT2D eigenvalue weighted by Gasteiger charge is 2.45. The molecule has 0 spiro atoms. The van der Waals surface area contributed by atoms with Gasteiger partial charge in [-0.2, -0.15) is 5.10 Å². The van der Waals surface area contributed by atoms with Gasteiger partial charge < -0.3 is 10.5 Å². The highest BCUT2D eigenvalue weighted by molar-refractivity contribution is 6.33. The summed E-state index contributed by atoms with van der Waals surface area (Å²) in [6, 6.07) is 27.3. The molecule has 4 aromatic rings. The first-order chi connectivity index (χ1) is 21.5. The first-order valence-corrected chi connectivity index (χ1v) is 16.3. The van der Waals surface area contributed by atoms with Crippen molar-refractivity contribution in [1.82, 2.24) is 0 Å². The third-order valence-corrected chi connectivity index (χ3v) is 10.7. The van der Waals surface area contributed by atoms with E-state index in [9.17, 15) is 4.79 Å². The van der Waals surface area contributed by atoms with E-state index in [1.807, 2.05) is 25.1 Å². The molecule has 0 amide bonds. The minimum Gasteiger partial charge on any atom is -0.461 e. The Morgan fingerprint density at radius 3 is 2.34 bits per heavy atom. The van der Waals surface area contributed by atoms with Crippen LogP contribution in [0.2, 0.25) is 5.02 Å². The van der Waals surface area contributed by atoms with Crippen molar-refractivity contribution in [2.75, 3.05) is 17.3 Å². The number of rotatable bonds is 5. The lowest BCUT2D eigenvalue weighted by atomic mass is 9.75. The Balaban J connectivity index is 1.06. The van der Waals surface area contributed by atoms with Gasteiger partial charge in [0.1, 0.15) is 6.61 Å². The molecule has 0 saturated heterocycles. The van der Waals surface area contributed by atoms with Crippen molar-refractivity contribution in [3.05, 3.63) is 117 Å². The van der Waals surface area contributed by atoms with Gasteiger partial charge in [0, 0.05) is 17.4 Å². The van der Waals surface area contributed by atoms with E-state index >= 15 is 0 Å². The zero-order valence-corrected chi connectivity index (χ0v) is 25.7. The van der Waals surface area contributed by atoms with Gasteiger partial charge in [-0.1, -0.05) is 79.0 Å². The van der Waals surface area contributed by atoms with Crippen LogP contribution < -0.4 is 10.7 Å². The fourth-order valence-corrected chi connectivity index (χ4v) is 8.51.